The van der Waals surface area contributed by atoms with Gasteiger partial charge in [-0.3, -0.25) is 0 Å². The minimum Gasteiger partial charge on any atom is -0.466 e. The van der Waals surface area contributed by atoms with Crippen LogP contribution in [0.5, 0.6) is 0 Å². The van der Waals surface area contributed by atoms with E-state index in [9.17, 15) is 4.79 Å². The summed E-state index contributed by atoms with van der Waals surface area (Å²) in [5, 5.41) is 1.65. The van der Waals surface area contributed by atoms with Crippen LogP contribution < -0.4 is 5.73 Å². The van der Waals surface area contributed by atoms with Crippen molar-refractivity contribution in [2.45, 2.75) is 4.90 Å². The summed E-state index contributed by atoms with van der Waals surface area (Å²) in [7, 11) is 1.34. The number of benzene rings is 1. The van der Waals surface area contributed by atoms with Crippen LogP contribution in [0, 0.1) is 0 Å². The fraction of sp³-hybridized carbons (Fsp3) is 0.100. The molecule has 0 bridgehead atoms. The summed E-state index contributed by atoms with van der Waals surface area (Å²) < 4.78 is 4.45. The van der Waals surface area contributed by atoms with Gasteiger partial charge in [-0.2, -0.15) is 0 Å². The molecule has 0 aliphatic carbocycles. The normalized spacial score (nSPS) is 10.4. The molecule has 0 heterocycles. The van der Waals surface area contributed by atoms with Crippen LogP contribution in [0.2, 0.25) is 0 Å². The molecule has 0 atom stereocenters. The average Bonchev–Trinajstić information content (AvgIpc) is 2.20. The van der Waals surface area contributed by atoms with E-state index in [0.717, 1.165) is 4.90 Å². The van der Waals surface area contributed by atoms with Crippen LogP contribution in [0.25, 0.3) is 0 Å². The molecular formula is C10H11NO2S. The Morgan fingerprint density at radius 3 is 2.86 bits per heavy atom. The van der Waals surface area contributed by atoms with Crippen molar-refractivity contribution in [1.82, 2.24) is 0 Å². The minimum atomic E-state index is -0.369. The maximum Gasteiger partial charge on any atom is 0.330 e. The van der Waals surface area contributed by atoms with Gasteiger partial charge < -0.3 is 10.5 Å². The van der Waals surface area contributed by atoms with E-state index in [-0.39, 0.29) is 5.97 Å². The fourth-order valence-corrected chi connectivity index (χ4v) is 1.51. The van der Waals surface area contributed by atoms with Crippen LogP contribution in [0.15, 0.2) is 40.6 Å². The lowest BCUT2D eigenvalue weighted by Gasteiger charge is -1.99. The summed E-state index contributed by atoms with van der Waals surface area (Å²) in [4.78, 5) is 11.7. The zero-order chi connectivity index (χ0) is 10.4. The number of ether oxygens (including phenoxy) is 1. The Morgan fingerprint density at radius 1 is 1.50 bits per heavy atom. The molecule has 4 heteroatoms. The first-order valence-electron chi connectivity index (χ1n) is 3.99. The highest BCUT2D eigenvalue weighted by Gasteiger charge is 1.96. The molecule has 3 nitrogen and oxygen atoms in total. The lowest BCUT2D eigenvalue weighted by atomic mass is 10.3. The third-order valence-electron chi connectivity index (χ3n) is 1.52. The lowest BCUT2D eigenvalue weighted by Crippen LogP contribution is -1.92. The molecule has 0 unspecified atom stereocenters. The van der Waals surface area contributed by atoms with Gasteiger partial charge in [0.2, 0.25) is 0 Å². The standard InChI is InChI=1S/C10H11NO2S/c1-13-10(12)6-7-14-9-5-3-2-4-8(9)11/h2-7H,11H2,1H3. The van der Waals surface area contributed by atoms with Crippen molar-refractivity contribution >= 4 is 23.4 Å². The summed E-state index contributed by atoms with van der Waals surface area (Å²) in [5.74, 6) is -0.369. The van der Waals surface area contributed by atoms with Gasteiger partial charge in [-0.15, -0.1) is 0 Å². The van der Waals surface area contributed by atoms with Crippen molar-refractivity contribution in [2.24, 2.45) is 0 Å². The number of methoxy groups -OCH3 is 1. The van der Waals surface area contributed by atoms with Crippen molar-refractivity contribution in [3.63, 3.8) is 0 Å². The molecule has 0 aliphatic rings. The third kappa shape index (κ3) is 3.14. The molecular weight excluding hydrogens is 198 g/mol. The Hall–Kier alpha value is -1.42. The van der Waals surface area contributed by atoms with Crippen molar-refractivity contribution in [1.29, 1.82) is 0 Å². The number of hydrogen-bond donors (Lipinski definition) is 1. The highest BCUT2D eigenvalue weighted by molar-refractivity contribution is 8.02. The van der Waals surface area contributed by atoms with Gasteiger partial charge in [0, 0.05) is 16.7 Å². The number of para-hydroxylation sites is 1. The number of anilines is 1. The Balaban J connectivity index is 2.58. The minimum absolute atomic E-state index is 0.369. The van der Waals surface area contributed by atoms with E-state index in [4.69, 9.17) is 5.73 Å². The van der Waals surface area contributed by atoms with Gasteiger partial charge >= 0.3 is 5.97 Å². The number of thioether (sulfide) groups is 1. The first kappa shape index (κ1) is 10.7. The molecule has 0 radical (unpaired) electrons. The summed E-state index contributed by atoms with van der Waals surface area (Å²) in [5.41, 5.74) is 6.40. The molecule has 1 aromatic carbocycles. The van der Waals surface area contributed by atoms with Crippen molar-refractivity contribution in [3.8, 4) is 0 Å². The van der Waals surface area contributed by atoms with Crippen LogP contribution in [-0.4, -0.2) is 13.1 Å². The number of nitrogen functional groups attached to an aromatic ring is 1. The zero-order valence-electron chi connectivity index (χ0n) is 7.77. The summed E-state index contributed by atoms with van der Waals surface area (Å²) in [6.45, 7) is 0. The monoisotopic (exact) mass is 209 g/mol. The predicted molar refractivity (Wildman–Crippen MR) is 57.9 cm³/mol. The average molecular weight is 209 g/mol. The zero-order valence-corrected chi connectivity index (χ0v) is 8.58. The van der Waals surface area contributed by atoms with E-state index >= 15 is 0 Å². The van der Waals surface area contributed by atoms with Crippen molar-refractivity contribution < 1.29 is 9.53 Å². The van der Waals surface area contributed by atoms with Crippen LogP contribution in [-0.2, 0) is 9.53 Å². The Bertz CT molecular complexity index is 350. The number of carbonyl (C=O) groups excluding carboxylic acids is 1. The van der Waals surface area contributed by atoms with Crippen LogP contribution >= 0.6 is 11.8 Å². The van der Waals surface area contributed by atoms with Crippen LogP contribution in [0.4, 0.5) is 5.69 Å². The number of nitrogens with two attached hydrogens (primary N) is 1. The van der Waals surface area contributed by atoms with Gasteiger partial charge in [0.1, 0.15) is 0 Å². The number of rotatable bonds is 3. The van der Waals surface area contributed by atoms with Crippen LogP contribution in [0.3, 0.4) is 0 Å². The Kier molecular flexibility index (Phi) is 4.07. The summed E-state index contributed by atoms with van der Waals surface area (Å²) in [6, 6.07) is 7.46. The first-order chi connectivity index (χ1) is 6.74. The Labute approximate surface area is 86.9 Å². The number of carbonyl (C=O) groups is 1. The van der Waals surface area contributed by atoms with Crippen LogP contribution in [0.1, 0.15) is 0 Å². The molecule has 1 aromatic rings. The SMILES string of the molecule is COC(=O)C=CSc1ccccc1N. The molecule has 1 rings (SSSR count). The maximum absolute atomic E-state index is 10.7. The lowest BCUT2D eigenvalue weighted by molar-refractivity contribution is -0.134. The molecule has 0 aliphatic heterocycles. The number of hydrogen-bond acceptors (Lipinski definition) is 4. The van der Waals surface area contributed by atoms with E-state index in [2.05, 4.69) is 4.74 Å². The van der Waals surface area contributed by atoms with Gasteiger partial charge in [-0.05, 0) is 17.5 Å². The molecule has 0 aromatic heterocycles. The quantitative estimate of drug-likeness (QED) is 0.358. The summed E-state index contributed by atoms with van der Waals surface area (Å²) in [6.07, 6.45) is 1.36. The second-order valence-corrected chi connectivity index (χ2v) is 3.43. The maximum atomic E-state index is 10.7. The molecule has 0 saturated carbocycles. The first-order valence-corrected chi connectivity index (χ1v) is 4.87. The highest BCUT2D eigenvalue weighted by Crippen LogP contribution is 2.24. The fourth-order valence-electron chi connectivity index (χ4n) is 0.819. The molecule has 74 valence electrons. The smallest absolute Gasteiger partial charge is 0.330 e. The van der Waals surface area contributed by atoms with Gasteiger partial charge in [-0.1, -0.05) is 23.9 Å². The molecule has 0 spiro atoms. The van der Waals surface area contributed by atoms with Gasteiger partial charge in [-0.25, -0.2) is 4.79 Å². The summed E-state index contributed by atoms with van der Waals surface area (Å²) >= 11 is 1.38. The second-order valence-electron chi connectivity index (χ2n) is 2.48. The van der Waals surface area contributed by atoms with Gasteiger partial charge in [0.25, 0.3) is 0 Å². The Morgan fingerprint density at radius 2 is 2.21 bits per heavy atom. The third-order valence-corrected chi connectivity index (χ3v) is 2.42. The van der Waals surface area contributed by atoms with Crippen molar-refractivity contribution in [2.75, 3.05) is 12.8 Å². The van der Waals surface area contributed by atoms with E-state index in [1.54, 1.807) is 5.41 Å². The topological polar surface area (TPSA) is 52.3 Å². The molecule has 0 fully saturated rings. The molecule has 2 N–H and O–H groups in total. The van der Waals surface area contributed by atoms with Crippen molar-refractivity contribution in [3.05, 3.63) is 35.7 Å². The highest BCUT2D eigenvalue weighted by atomic mass is 32.2. The van der Waals surface area contributed by atoms with Gasteiger partial charge in [0.05, 0.1) is 7.11 Å². The van der Waals surface area contributed by atoms with E-state index in [1.807, 2.05) is 24.3 Å². The van der Waals surface area contributed by atoms with E-state index in [0.29, 0.717) is 5.69 Å². The number of esters is 1. The second kappa shape index (κ2) is 5.34. The van der Waals surface area contributed by atoms with E-state index < -0.39 is 0 Å². The molecule has 0 amide bonds. The van der Waals surface area contributed by atoms with Gasteiger partial charge in [0.15, 0.2) is 0 Å². The largest absolute Gasteiger partial charge is 0.466 e. The molecule has 14 heavy (non-hydrogen) atoms. The van der Waals surface area contributed by atoms with E-state index in [1.165, 1.54) is 24.9 Å². The molecule has 0 saturated heterocycles. The predicted octanol–water partition coefficient (Wildman–Crippen LogP) is 2.05.